The van der Waals surface area contributed by atoms with E-state index in [4.69, 9.17) is 9.47 Å². The molecule has 0 saturated carbocycles. The number of rotatable bonds is 4. The summed E-state index contributed by atoms with van der Waals surface area (Å²) in [5.74, 6) is 3.47. The van der Waals surface area contributed by atoms with Crippen molar-refractivity contribution in [3.05, 3.63) is 29.8 Å². The number of benzene rings is 1. The van der Waals surface area contributed by atoms with E-state index in [9.17, 15) is 0 Å². The van der Waals surface area contributed by atoms with Gasteiger partial charge in [0.05, 0.1) is 12.7 Å². The Labute approximate surface area is 131 Å². The molecule has 3 nitrogen and oxygen atoms in total. The van der Waals surface area contributed by atoms with E-state index in [1.165, 1.54) is 29.9 Å². The molecule has 2 aliphatic rings. The third-order valence-electron chi connectivity index (χ3n) is 4.67. The van der Waals surface area contributed by atoms with Gasteiger partial charge in [-0.05, 0) is 43.3 Å². The quantitative estimate of drug-likeness (QED) is 0.925. The van der Waals surface area contributed by atoms with Crippen molar-refractivity contribution in [2.24, 2.45) is 0 Å². The summed E-state index contributed by atoms with van der Waals surface area (Å²) < 4.78 is 11.6. The fourth-order valence-electron chi connectivity index (χ4n) is 3.40. The molecule has 1 N–H and O–H groups in total. The highest BCUT2D eigenvalue weighted by atomic mass is 32.2. The predicted molar refractivity (Wildman–Crippen MR) is 88.1 cm³/mol. The van der Waals surface area contributed by atoms with Crippen molar-refractivity contribution in [1.29, 1.82) is 0 Å². The van der Waals surface area contributed by atoms with E-state index in [0.717, 1.165) is 31.7 Å². The number of hydrogen-bond donors (Lipinski definition) is 1. The lowest BCUT2D eigenvalue weighted by atomic mass is 9.85. The molecule has 0 bridgehead atoms. The fraction of sp³-hybridized carbons (Fsp3) is 0.647. The van der Waals surface area contributed by atoms with Gasteiger partial charge < -0.3 is 14.8 Å². The maximum absolute atomic E-state index is 6.16. The largest absolute Gasteiger partial charge is 0.496 e. The van der Waals surface area contributed by atoms with Gasteiger partial charge in [-0.1, -0.05) is 18.2 Å². The highest BCUT2D eigenvalue weighted by Crippen LogP contribution is 2.37. The van der Waals surface area contributed by atoms with E-state index < -0.39 is 0 Å². The van der Waals surface area contributed by atoms with Crippen LogP contribution in [-0.4, -0.2) is 36.9 Å². The standard InChI is InChI=1S/C17H25NO2S/c1-19-16-5-3-2-4-14(16)13-18-15-6-9-20-17(12-15)7-10-21-11-8-17/h2-5,15,18H,6-13H2,1H3. The van der Waals surface area contributed by atoms with Crippen LogP contribution >= 0.6 is 11.8 Å². The molecule has 1 atom stereocenters. The van der Waals surface area contributed by atoms with Gasteiger partial charge >= 0.3 is 0 Å². The Hall–Kier alpha value is -0.710. The van der Waals surface area contributed by atoms with Gasteiger partial charge in [0.2, 0.25) is 0 Å². The second kappa shape index (κ2) is 7.03. The molecule has 3 rings (SSSR count). The Morgan fingerprint density at radius 3 is 2.95 bits per heavy atom. The molecule has 2 aliphatic heterocycles. The lowest BCUT2D eigenvalue weighted by Crippen LogP contribution is -2.48. The summed E-state index contributed by atoms with van der Waals surface area (Å²) in [5.41, 5.74) is 1.39. The zero-order chi connectivity index (χ0) is 14.5. The molecule has 0 aromatic heterocycles. The summed E-state index contributed by atoms with van der Waals surface area (Å²) >= 11 is 2.06. The molecule has 2 saturated heterocycles. The number of hydrogen-bond acceptors (Lipinski definition) is 4. The van der Waals surface area contributed by atoms with Crippen molar-refractivity contribution >= 4 is 11.8 Å². The Kier molecular flexibility index (Phi) is 5.09. The summed E-state index contributed by atoms with van der Waals surface area (Å²) in [4.78, 5) is 0. The lowest BCUT2D eigenvalue weighted by molar-refractivity contribution is -0.0933. The zero-order valence-electron chi connectivity index (χ0n) is 12.8. The molecule has 116 valence electrons. The van der Waals surface area contributed by atoms with Crippen molar-refractivity contribution in [1.82, 2.24) is 5.32 Å². The second-order valence-corrected chi connectivity index (χ2v) is 7.25. The van der Waals surface area contributed by atoms with Gasteiger partial charge in [-0.2, -0.15) is 11.8 Å². The Balaban J connectivity index is 1.57. The Morgan fingerprint density at radius 1 is 1.33 bits per heavy atom. The topological polar surface area (TPSA) is 30.5 Å². The molecule has 21 heavy (non-hydrogen) atoms. The summed E-state index contributed by atoms with van der Waals surface area (Å²) in [6.45, 7) is 1.77. The number of ether oxygens (including phenoxy) is 2. The minimum Gasteiger partial charge on any atom is -0.496 e. The smallest absolute Gasteiger partial charge is 0.123 e. The molecule has 1 aromatic rings. The predicted octanol–water partition coefficient (Wildman–Crippen LogP) is 3.23. The fourth-order valence-corrected chi connectivity index (χ4v) is 4.63. The van der Waals surface area contributed by atoms with Crippen LogP contribution in [-0.2, 0) is 11.3 Å². The van der Waals surface area contributed by atoms with Crippen molar-refractivity contribution in [2.45, 2.75) is 43.9 Å². The first-order valence-corrected chi connectivity index (χ1v) is 9.04. The van der Waals surface area contributed by atoms with E-state index in [2.05, 4.69) is 29.2 Å². The van der Waals surface area contributed by atoms with Crippen molar-refractivity contribution < 1.29 is 9.47 Å². The summed E-state index contributed by atoms with van der Waals surface area (Å²) in [7, 11) is 1.74. The van der Waals surface area contributed by atoms with E-state index in [-0.39, 0.29) is 5.60 Å². The second-order valence-electron chi connectivity index (χ2n) is 6.03. The molecule has 0 radical (unpaired) electrons. The van der Waals surface area contributed by atoms with Gasteiger partial charge in [0.15, 0.2) is 0 Å². The van der Waals surface area contributed by atoms with Crippen LogP contribution in [0.3, 0.4) is 0 Å². The monoisotopic (exact) mass is 307 g/mol. The maximum Gasteiger partial charge on any atom is 0.123 e. The molecule has 1 unspecified atom stereocenters. The zero-order valence-corrected chi connectivity index (χ0v) is 13.6. The molecule has 2 heterocycles. The molecular weight excluding hydrogens is 282 g/mol. The van der Waals surface area contributed by atoms with Crippen LogP contribution in [0.25, 0.3) is 0 Å². The molecule has 0 aliphatic carbocycles. The van der Waals surface area contributed by atoms with Crippen molar-refractivity contribution in [3.63, 3.8) is 0 Å². The first-order valence-electron chi connectivity index (χ1n) is 7.88. The highest BCUT2D eigenvalue weighted by molar-refractivity contribution is 7.99. The van der Waals surface area contributed by atoms with Gasteiger partial charge in [0, 0.05) is 24.8 Å². The minimum absolute atomic E-state index is 0.155. The average Bonchev–Trinajstić information content (AvgIpc) is 2.54. The highest BCUT2D eigenvalue weighted by Gasteiger charge is 2.38. The molecule has 0 amide bonds. The van der Waals surface area contributed by atoms with Crippen LogP contribution in [0.2, 0.25) is 0 Å². The van der Waals surface area contributed by atoms with Gasteiger partial charge in [-0.25, -0.2) is 0 Å². The molecular formula is C17H25NO2S. The van der Waals surface area contributed by atoms with Gasteiger partial charge in [0.1, 0.15) is 5.75 Å². The number of para-hydroxylation sites is 1. The maximum atomic E-state index is 6.16. The summed E-state index contributed by atoms with van der Waals surface area (Å²) in [6.07, 6.45) is 4.70. The van der Waals surface area contributed by atoms with Crippen LogP contribution in [0.5, 0.6) is 5.75 Å². The number of methoxy groups -OCH3 is 1. The van der Waals surface area contributed by atoms with E-state index in [1.807, 2.05) is 12.1 Å². The third kappa shape index (κ3) is 3.74. The molecule has 1 aromatic carbocycles. The first kappa shape index (κ1) is 15.2. The SMILES string of the molecule is COc1ccccc1CNC1CCOC2(CCSCC2)C1. The Bertz CT molecular complexity index is 454. The van der Waals surface area contributed by atoms with Crippen molar-refractivity contribution in [3.8, 4) is 5.75 Å². The molecule has 1 spiro atoms. The van der Waals surface area contributed by atoms with Crippen LogP contribution < -0.4 is 10.1 Å². The van der Waals surface area contributed by atoms with Gasteiger partial charge in [-0.15, -0.1) is 0 Å². The Morgan fingerprint density at radius 2 is 2.14 bits per heavy atom. The normalized spacial score (nSPS) is 24.9. The van der Waals surface area contributed by atoms with Crippen LogP contribution in [0.4, 0.5) is 0 Å². The van der Waals surface area contributed by atoms with E-state index in [1.54, 1.807) is 7.11 Å². The van der Waals surface area contributed by atoms with Crippen molar-refractivity contribution in [2.75, 3.05) is 25.2 Å². The van der Waals surface area contributed by atoms with Crippen LogP contribution in [0.15, 0.2) is 24.3 Å². The van der Waals surface area contributed by atoms with E-state index in [0.29, 0.717) is 6.04 Å². The van der Waals surface area contributed by atoms with Crippen LogP contribution in [0, 0.1) is 0 Å². The lowest BCUT2D eigenvalue weighted by Gasteiger charge is -2.43. The van der Waals surface area contributed by atoms with Gasteiger partial charge in [0.25, 0.3) is 0 Å². The average molecular weight is 307 g/mol. The molecule has 2 fully saturated rings. The first-order chi connectivity index (χ1) is 10.3. The summed E-state index contributed by atoms with van der Waals surface area (Å²) in [6, 6.07) is 8.82. The van der Waals surface area contributed by atoms with Crippen LogP contribution in [0.1, 0.15) is 31.2 Å². The third-order valence-corrected chi connectivity index (χ3v) is 5.66. The van der Waals surface area contributed by atoms with Gasteiger partial charge in [-0.3, -0.25) is 0 Å². The van der Waals surface area contributed by atoms with E-state index >= 15 is 0 Å². The molecule has 4 heteroatoms. The summed E-state index contributed by atoms with van der Waals surface area (Å²) in [5, 5.41) is 3.72. The minimum atomic E-state index is 0.155. The number of nitrogens with one attached hydrogen (secondary N) is 1. The number of thioether (sulfide) groups is 1.